The Labute approximate surface area is 148 Å². The first kappa shape index (κ1) is 18.1. The molecule has 0 unspecified atom stereocenters. The molecule has 0 saturated carbocycles. The Balaban J connectivity index is 1.70. The van der Waals surface area contributed by atoms with E-state index in [1.54, 1.807) is 12.1 Å². The summed E-state index contributed by atoms with van der Waals surface area (Å²) in [6.45, 7) is 3.04. The van der Waals surface area contributed by atoms with Crippen molar-refractivity contribution in [3.8, 4) is 5.75 Å². The zero-order chi connectivity index (χ0) is 17.2. The first-order valence-corrected chi connectivity index (χ1v) is 8.49. The van der Waals surface area contributed by atoms with Crippen LogP contribution in [0.5, 0.6) is 5.75 Å². The summed E-state index contributed by atoms with van der Waals surface area (Å²) in [5.74, 6) is 0.646. The Morgan fingerprint density at radius 3 is 2.62 bits per heavy atom. The van der Waals surface area contributed by atoms with E-state index in [2.05, 4.69) is 24.4 Å². The molecule has 0 fully saturated rings. The fraction of sp³-hybridized carbons (Fsp3) is 0.250. The van der Waals surface area contributed by atoms with Gasteiger partial charge in [-0.3, -0.25) is 4.79 Å². The summed E-state index contributed by atoms with van der Waals surface area (Å²) in [5, 5.41) is 3.40. The molecule has 0 aliphatic carbocycles. The van der Waals surface area contributed by atoms with Crippen molar-refractivity contribution in [2.75, 3.05) is 13.2 Å². The normalized spacial score (nSPS) is 10.8. The molecule has 24 heavy (non-hydrogen) atoms. The second-order valence-corrected chi connectivity index (χ2v) is 5.80. The zero-order valence-electron chi connectivity index (χ0n) is 13.8. The van der Waals surface area contributed by atoms with Crippen molar-refractivity contribution in [2.24, 2.45) is 0 Å². The Morgan fingerprint density at radius 1 is 1.17 bits per heavy atom. The minimum atomic E-state index is -0.170. The SMILES string of the molecule is CCCc1ccc(OCCNC(=O)/C=C/c2ccccc2Cl)cc1. The second kappa shape index (κ2) is 9.78. The molecule has 0 atom stereocenters. The van der Waals surface area contributed by atoms with Crippen LogP contribution >= 0.6 is 11.6 Å². The number of amides is 1. The van der Waals surface area contributed by atoms with Crippen LogP contribution in [0.15, 0.2) is 54.6 Å². The maximum atomic E-state index is 11.8. The van der Waals surface area contributed by atoms with E-state index < -0.39 is 0 Å². The van der Waals surface area contributed by atoms with Crippen LogP contribution in [0.2, 0.25) is 5.02 Å². The Kier molecular flexibility index (Phi) is 7.37. The lowest BCUT2D eigenvalue weighted by Crippen LogP contribution is -2.26. The van der Waals surface area contributed by atoms with E-state index in [1.807, 2.05) is 30.3 Å². The van der Waals surface area contributed by atoms with Gasteiger partial charge in [0.15, 0.2) is 0 Å². The van der Waals surface area contributed by atoms with Crippen molar-refractivity contribution in [3.63, 3.8) is 0 Å². The van der Waals surface area contributed by atoms with Gasteiger partial charge >= 0.3 is 0 Å². The van der Waals surface area contributed by atoms with Crippen LogP contribution in [0.1, 0.15) is 24.5 Å². The van der Waals surface area contributed by atoms with Gasteiger partial charge in [-0.15, -0.1) is 0 Å². The monoisotopic (exact) mass is 343 g/mol. The maximum absolute atomic E-state index is 11.8. The minimum Gasteiger partial charge on any atom is -0.492 e. The number of carbonyl (C=O) groups excluding carboxylic acids is 1. The van der Waals surface area contributed by atoms with Crippen LogP contribution in [0, 0.1) is 0 Å². The first-order valence-electron chi connectivity index (χ1n) is 8.11. The highest BCUT2D eigenvalue weighted by molar-refractivity contribution is 6.32. The summed E-state index contributed by atoms with van der Waals surface area (Å²) in [7, 11) is 0. The number of benzene rings is 2. The average Bonchev–Trinajstić information content (AvgIpc) is 2.60. The van der Waals surface area contributed by atoms with Crippen LogP contribution in [0.4, 0.5) is 0 Å². The van der Waals surface area contributed by atoms with E-state index in [4.69, 9.17) is 16.3 Å². The Hall–Kier alpha value is -2.26. The molecule has 0 aliphatic heterocycles. The number of nitrogens with one attached hydrogen (secondary N) is 1. The average molecular weight is 344 g/mol. The van der Waals surface area contributed by atoms with E-state index in [9.17, 15) is 4.79 Å². The number of carbonyl (C=O) groups is 1. The maximum Gasteiger partial charge on any atom is 0.244 e. The third-order valence-electron chi connectivity index (χ3n) is 3.45. The van der Waals surface area contributed by atoms with E-state index in [-0.39, 0.29) is 5.91 Å². The molecule has 126 valence electrons. The summed E-state index contributed by atoms with van der Waals surface area (Å²) in [6.07, 6.45) is 5.38. The van der Waals surface area contributed by atoms with Crippen molar-refractivity contribution in [2.45, 2.75) is 19.8 Å². The molecule has 0 aliphatic rings. The Bertz CT molecular complexity index is 680. The van der Waals surface area contributed by atoms with Gasteiger partial charge in [0, 0.05) is 11.1 Å². The lowest BCUT2D eigenvalue weighted by molar-refractivity contribution is -0.116. The molecule has 0 bridgehead atoms. The highest BCUT2D eigenvalue weighted by Gasteiger charge is 1.99. The fourth-order valence-electron chi connectivity index (χ4n) is 2.22. The molecule has 0 radical (unpaired) electrons. The number of halogens is 1. The van der Waals surface area contributed by atoms with Gasteiger partial charge in [-0.05, 0) is 41.8 Å². The number of aryl methyl sites for hydroxylation is 1. The number of rotatable bonds is 8. The van der Waals surface area contributed by atoms with Crippen LogP contribution in [0.3, 0.4) is 0 Å². The quantitative estimate of drug-likeness (QED) is 0.566. The van der Waals surface area contributed by atoms with E-state index in [1.165, 1.54) is 11.6 Å². The van der Waals surface area contributed by atoms with E-state index in [0.29, 0.717) is 18.2 Å². The lowest BCUT2D eigenvalue weighted by atomic mass is 10.1. The molecular formula is C20H22ClNO2. The van der Waals surface area contributed by atoms with E-state index in [0.717, 1.165) is 24.2 Å². The molecule has 2 aromatic carbocycles. The highest BCUT2D eigenvalue weighted by Crippen LogP contribution is 2.16. The van der Waals surface area contributed by atoms with Crippen LogP contribution in [0.25, 0.3) is 6.08 Å². The molecule has 1 N–H and O–H groups in total. The number of hydrogen-bond acceptors (Lipinski definition) is 2. The largest absolute Gasteiger partial charge is 0.492 e. The molecule has 0 saturated heterocycles. The summed E-state index contributed by atoms with van der Waals surface area (Å²) in [4.78, 5) is 11.8. The van der Waals surface area contributed by atoms with Crippen molar-refractivity contribution in [1.82, 2.24) is 5.32 Å². The number of hydrogen-bond donors (Lipinski definition) is 1. The van der Waals surface area contributed by atoms with Gasteiger partial charge in [0.1, 0.15) is 12.4 Å². The van der Waals surface area contributed by atoms with Gasteiger partial charge in [-0.1, -0.05) is 55.3 Å². The fourth-order valence-corrected chi connectivity index (χ4v) is 2.42. The van der Waals surface area contributed by atoms with Gasteiger partial charge in [0.25, 0.3) is 0 Å². The minimum absolute atomic E-state index is 0.170. The van der Waals surface area contributed by atoms with Gasteiger partial charge < -0.3 is 10.1 Å². The second-order valence-electron chi connectivity index (χ2n) is 5.39. The van der Waals surface area contributed by atoms with Crippen LogP contribution < -0.4 is 10.1 Å². The molecule has 2 aromatic rings. The summed E-state index contributed by atoms with van der Waals surface area (Å²) >= 11 is 6.03. The predicted octanol–water partition coefficient (Wildman–Crippen LogP) is 4.50. The smallest absolute Gasteiger partial charge is 0.244 e. The lowest BCUT2D eigenvalue weighted by Gasteiger charge is -2.07. The Morgan fingerprint density at radius 2 is 1.92 bits per heavy atom. The van der Waals surface area contributed by atoms with Gasteiger partial charge in [0.2, 0.25) is 5.91 Å². The van der Waals surface area contributed by atoms with Crippen molar-refractivity contribution in [3.05, 3.63) is 70.8 Å². The van der Waals surface area contributed by atoms with Crippen LogP contribution in [-0.2, 0) is 11.2 Å². The van der Waals surface area contributed by atoms with Crippen LogP contribution in [-0.4, -0.2) is 19.1 Å². The number of ether oxygens (including phenoxy) is 1. The third kappa shape index (κ3) is 6.09. The first-order chi connectivity index (χ1) is 11.7. The van der Waals surface area contributed by atoms with Gasteiger partial charge in [0.05, 0.1) is 6.54 Å². The predicted molar refractivity (Wildman–Crippen MR) is 99.4 cm³/mol. The molecule has 0 heterocycles. The molecular weight excluding hydrogens is 322 g/mol. The standard InChI is InChI=1S/C20H22ClNO2/c1-2-5-16-8-11-18(12-9-16)24-15-14-22-20(23)13-10-17-6-3-4-7-19(17)21/h3-4,6-13H,2,5,14-15H2,1H3,(H,22,23)/b13-10+. The zero-order valence-corrected chi connectivity index (χ0v) is 14.6. The molecule has 3 nitrogen and oxygen atoms in total. The van der Waals surface area contributed by atoms with E-state index >= 15 is 0 Å². The molecule has 1 amide bonds. The highest BCUT2D eigenvalue weighted by atomic mass is 35.5. The topological polar surface area (TPSA) is 38.3 Å². The molecule has 4 heteroatoms. The molecule has 0 aromatic heterocycles. The summed E-state index contributed by atoms with van der Waals surface area (Å²) in [5.41, 5.74) is 2.13. The summed E-state index contributed by atoms with van der Waals surface area (Å²) in [6, 6.07) is 15.5. The third-order valence-corrected chi connectivity index (χ3v) is 3.80. The molecule has 0 spiro atoms. The van der Waals surface area contributed by atoms with Crippen molar-refractivity contribution < 1.29 is 9.53 Å². The molecule has 2 rings (SSSR count). The van der Waals surface area contributed by atoms with Crippen molar-refractivity contribution >= 4 is 23.6 Å². The summed E-state index contributed by atoms with van der Waals surface area (Å²) < 4.78 is 5.61. The van der Waals surface area contributed by atoms with Gasteiger partial charge in [-0.2, -0.15) is 0 Å². The van der Waals surface area contributed by atoms with Gasteiger partial charge in [-0.25, -0.2) is 0 Å². The van der Waals surface area contributed by atoms with Crippen molar-refractivity contribution in [1.29, 1.82) is 0 Å².